The number of hydrogen-bond acceptors (Lipinski definition) is 3. The Kier molecular flexibility index (Phi) is 4.37. The first-order valence-electron chi connectivity index (χ1n) is 6.13. The lowest BCUT2D eigenvalue weighted by molar-refractivity contribution is 0.567. The van der Waals surface area contributed by atoms with E-state index in [0.717, 1.165) is 5.69 Å². The van der Waals surface area contributed by atoms with Gasteiger partial charge in [0.05, 0.1) is 9.92 Å². The highest BCUT2D eigenvalue weighted by molar-refractivity contribution is 9.10. The molecule has 0 unspecified atom stereocenters. The van der Waals surface area contributed by atoms with Gasteiger partial charge < -0.3 is 0 Å². The molecule has 0 aliphatic rings. The number of sulfonamides is 1. The molecule has 2 N–H and O–H groups in total. The van der Waals surface area contributed by atoms with Gasteiger partial charge in [0.2, 0.25) is 0 Å². The summed E-state index contributed by atoms with van der Waals surface area (Å²) in [6.07, 6.45) is 0. The standard InChI is InChI=1S/C13H15BrClN3O2S/c1-13(2,3)11-7-12(17-16-11)18-21(19,20)8-4-5-10(15)9(14)6-8/h4-7H,1-3H3,(H2,16,17,18). The van der Waals surface area contributed by atoms with Crippen molar-refractivity contribution < 1.29 is 8.42 Å². The van der Waals surface area contributed by atoms with Crippen LogP contribution in [0, 0.1) is 0 Å². The van der Waals surface area contributed by atoms with Crippen LogP contribution >= 0.6 is 27.5 Å². The summed E-state index contributed by atoms with van der Waals surface area (Å²) in [5.41, 5.74) is 0.706. The van der Waals surface area contributed by atoms with Crippen molar-refractivity contribution >= 4 is 43.4 Å². The van der Waals surface area contributed by atoms with Gasteiger partial charge in [-0.2, -0.15) is 5.10 Å². The topological polar surface area (TPSA) is 74.8 Å². The molecule has 8 heteroatoms. The zero-order valence-electron chi connectivity index (χ0n) is 11.7. The Bertz CT molecular complexity index is 766. The minimum Gasteiger partial charge on any atom is -0.280 e. The molecule has 2 aromatic rings. The van der Waals surface area contributed by atoms with Crippen LogP contribution in [0.3, 0.4) is 0 Å². The van der Waals surface area contributed by atoms with Crippen molar-refractivity contribution in [3.8, 4) is 0 Å². The summed E-state index contributed by atoms with van der Waals surface area (Å²) in [5, 5.41) is 7.26. The lowest BCUT2D eigenvalue weighted by Gasteiger charge is -2.14. The number of H-pyrrole nitrogens is 1. The van der Waals surface area contributed by atoms with Crippen LogP contribution < -0.4 is 4.72 Å². The van der Waals surface area contributed by atoms with Crippen LogP contribution in [0.1, 0.15) is 26.5 Å². The number of aromatic nitrogens is 2. The molecule has 1 aromatic heterocycles. The third kappa shape index (κ3) is 3.78. The predicted octanol–water partition coefficient (Wildman–Crippen LogP) is 3.92. The van der Waals surface area contributed by atoms with Crippen LogP contribution in [0.4, 0.5) is 5.82 Å². The fraction of sp³-hybridized carbons (Fsp3) is 0.308. The molecule has 114 valence electrons. The van der Waals surface area contributed by atoms with Gasteiger partial charge in [-0.15, -0.1) is 0 Å². The Morgan fingerprint density at radius 3 is 2.48 bits per heavy atom. The molecule has 0 bridgehead atoms. The van der Waals surface area contributed by atoms with Crippen molar-refractivity contribution in [1.29, 1.82) is 0 Å². The second-order valence-corrected chi connectivity index (χ2v) is 8.54. The number of aromatic amines is 1. The Morgan fingerprint density at radius 2 is 1.95 bits per heavy atom. The summed E-state index contributed by atoms with van der Waals surface area (Å²) in [4.78, 5) is 0.110. The van der Waals surface area contributed by atoms with Gasteiger partial charge in [-0.3, -0.25) is 9.82 Å². The molecule has 1 aromatic carbocycles. The highest BCUT2D eigenvalue weighted by atomic mass is 79.9. The molecule has 0 saturated heterocycles. The van der Waals surface area contributed by atoms with Gasteiger partial charge in [-0.1, -0.05) is 32.4 Å². The number of nitrogens with zero attached hydrogens (tertiary/aromatic N) is 1. The first-order valence-corrected chi connectivity index (χ1v) is 8.79. The molecule has 0 amide bonds. The molecular weight excluding hydrogens is 378 g/mol. The number of anilines is 1. The van der Waals surface area contributed by atoms with Crippen LogP contribution in [0.2, 0.25) is 5.02 Å². The van der Waals surface area contributed by atoms with E-state index in [9.17, 15) is 8.42 Å². The number of halogens is 2. The average Bonchev–Trinajstić information content (AvgIpc) is 2.80. The zero-order chi connectivity index (χ0) is 15.8. The molecule has 0 fully saturated rings. The fourth-order valence-electron chi connectivity index (χ4n) is 1.60. The molecule has 0 aliphatic heterocycles. The van der Waals surface area contributed by atoms with Crippen LogP contribution in [-0.4, -0.2) is 18.6 Å². The van der Waals surface area contributed by atoms with Crippen LogP contribution in [0.5, 0.6) is 0 Å². The van der Waals surface area contributed by atoms with Crippen molar-refractivity contribution in [3.63, 3.8) is 0 Å². The van der Waals surface area contributed by atoms with E-state index in [1.165, 1.54) is 18.2 Å². The van der Waals surface area contributed by atoms with Gasteiger partial charge in [-0.25, -0.2) is 8.42 Å². The quantitative estimate of drug-likeness (QED) is 0.831. The maximum absolute atomic E-state index is 12.3. The third-order valence-electron chi connectivity index (χ3n) is 2.83. The minimum absolute atomic E-state index is 0.110. The average molecular weight is 393 g/mol. The largest absolute Gasteiger partial charge is 0.280 e. The predicted molar refractivity (Wildman–Crippen MR) is 87.2 cm³/mol. The van der Waals surface area contributed by atoms with Gasteiger partial charge in [-0.05, 0) is 34.1 Å². The van der Waals surface area contributed by atoms with E-state index in [2.05, 4.69) is 30.8 Å². The van der Waals surface area contributed by atoms with Gasteiger partial charge in [0.1, 0.15) is 0 Å². The summed E-state index contributed by atoms with van der Waals surface area (Å²) >= 11 is 9.07. The van der Waals surface area contributed by atoms with Gasteiger partial charge in [0.15, 0.2) is 5.82 Å². The monoisotopic (exact) mass is 391 g/mol. The first kappa shape index (κ1) is 16.3. The van der Waals surface area contributed by atoms with Crippen molar-refractivity contribution in [2.75, 3.05) is 4.72 Å². The fourth-order valence-corrected chi connectivity index (χ4v) is 3.26. The van der Waals surface area contributed by atoms with Gasteiger partial charge in [0, 0.05) is 21.6 Å². The molecule has 0 aliphatic carbocycles. The molecule has 2 rings (SSSR count). The van der Waals surface area contributed by atoms with E-state index in [-0.39, 0.29) is 16.1 Å². The second kappa shape index (κ2) is 5.62. The normalized spacial score (nSPS) is 12.4. The number of nitrogens with one attached hydrogen (secondary N) is 2. The molecule has 0 spiro atoms. The number of hydrogen-bond donors (Lipinski definition) is 2. The van der Waals surface area contributed by atoms with E-state index in [1.807, 2.05) is 20.8 Å². The molecule has 5 nitrogen and oxygen atoms in total. The molecule has 0 saturated carbocycles. The van der Waals surface area contributed by atoms with Crippen LogP contribution in [0.15, 0.2) is 33.6 Å². The van der Waals surface area contributed by atoms with Gasteiger partial charge in [0.25, 0.3) is 10.0 Å². The Morgan fingerprint density at radius 1 is 1.29 bits per heavy atom. The van der Waals surface area contributed by atoms with E-state index < -0.39 is 10.0 Å². The summed E-state index contributed by atoms with van der Waals surface area (Å²) in [7, 11) is -3.71. The van der Waals surface area contributed by atoms with E-state index in [4.69, 9.17) is 11.6 Å². The maximum atomic E-state index is 12.3. The zero-order valence-corrected chi connectivity index (χ0v) is 14.9. The first-order chi connectivity index (χ1) is 9.59. The van der Waals surface area contributed by atoms with Gasteiger partial charge >= 0.3 is 0 Å². The third-order valence-corrected chi connectivity index (χ3v) is 5.39. The summed E-state index contributed by atoms with van der Waals surface area (Å²) < 4.78 is 27.5. The Labute approximate surface area is 137 Å². The van der Waals surface area contributed by atoms with E-state index >= 15 is 0 Å². The molecular formula is C13H15BrClN3O2S. The Balaban J connectivity index is 2.29. The molecule has 0 radical (unpaired) electrons. The van der Waals surface area contributed by atoms with Crippen molar-refractivity contribution in [1.82, 2.24) is 10.2 Å². The van der Waals surface area contributed by atoms with E-state index in [0.29, 0.717) is 9.50 Å². The SMILES string of the molecule is CC(C)(C)c1cc(NS(=O)(=O)c2ccc(Cl)c(Br)c2)n[nH]1. The summed E-state index contributed by atoms with van der Waals surface area (Å²) in [5.74, 6) is 0.256. The van der Waals surface area contributed by atoms with Crippen LogP contribution in [0.25, 0.3) is 0 Å². The highest BCUT2D eigenvalue weighted by Gasteiger charge is 2.20. The molecule has 1 heterocycles. The lowest BCUT2D eigenvalue weighted by Crippen LogP contribution is -2.13. The summed E-state index contributed by atoms with van der Waals surface area (Å²) in [6, 6.07) is 6.09. The highest BCUT2D eigenvalue weighted by Crippen LogP contribution is 2.27. The van der Waals surface area contributed by atoms with E-state index in [1.54, 1.807) is 6.07 Å². The number of benzene rings is 1. The smallest absolute Gasteiger partial charge is 0.263 e. The molecule has 0 atom stereocenters. The lowest BCUT2D eigenvalue weighted by atomic mass is 9.92. The van der Waals surface area contributed by atoms with Crippen LogP contribution in [-0.2, 0) is 15.4 Å². The second-order valence-electron chi connectivity index (χ2n) is 5.60. The minimum atomic E-state index is -3.71. The summed E-state index contributed by atoms with van der Waals surface area (Å²) in [6.45, 7) is 6.03. The Hall–Kier alpha value is -1.05. The number of rotatable bonds is 3. The van der Waals surface area contributed by atoms with Crippen molar-refractivity contribution in [3.05, 3.63) is 39.5 Å². The van der Waals surface area contributed by atoms with Crippen molar-refractivity contribution in [2.24, 2.45) is 0 Å². The maximum Gasteiger partial charge on any atom is 0.263 e. The molecule has 21 heavy (non-hydrogen) atoms. The van der Waals surface area contributed by atoms with Crippen molar-refractivity contribution in [2.45, 2.75) is 31.1 Å².